The Balaban J connectivity index is 2.00. The Kier molecular flexibility index (Phi) is 5.45. The Bertz CT molecular complexity index is 144. The molecule has 1 heterocycles. The third-order valence-electron chi connectivity index (χ3n) is 2.70. The van der Waals surface area contributed by atoms with Crippen LogP contribution >= 0.6 is 0 Å². The molecule has 0 aliphatic carbocycles. The van der Waals surface area contributed by atoms with Crippen molar-refractivity contribution in [3.63, 3.8) is 0 Å². The summed E-state index contributed by atoms with van der Waals surface area (Å²) in [4.78, 5) is 2.54. The number of likely N-dealkylation sites (tertiary alicyclic amines) is 1. The standard InChI is InChI=1S/C11H24N2O/c1-10(7-12-8-11(2)14)9-13-5-3-4-6-13/h10-12,14H,3-9H2,1-2H3/t10?,11-/m0/s1. The quantitative estimate of drug-likeness (QED) is 0.662. The molecule has 0 saturated carbocycles. The molecule has 1 rings (SSSR count). The molecule has 0 aromatic heterocycles. The molecule has 2 atom stereocenters. The Morgan fingerprint density at radius 2 is 1.86 bits per heavy atom. The second-order valence-corrected chi connectivity index (χ2v) is 4.62. The molecule has 0 aromatic rings. The van der Waals surface area contributed by atoms with Crippen molar-refractivity contribution >= 4 is 0 Å². The summed E-state index contributed by atoms with van der Waals surface area (Å²) < 4.78 is 0. The summed E-state index contributed by atoms with van der Waals surface area (Å²) in [7, 11) is 0. The van der Waals surface area contributed by atoms with Gasteiger partial charge in [0.05, 0.1) is 6.10 Å². The van der Waals surface area contributed by atoms with Crippen LogP contribution in [0.4, 0.5) is 0 Å². The predicted molar refractivity (Wildman–Crippen MR) is 59.4 cm³/mol. The average Bonchev–Trinajstić information content (AvgIpc) is 2.56. The average molecular weight is 200 g/mol. The van der Waals surface area contributed by atoms with E-state index in [1.807, 2.05) is 6.92 Å². The zero-order chi connectivity index (χ0) is 10.4. The summed E-state index contributed by atoms with van der Waals surface area (Å²) in [5.41, 5.74) is 0. The van der Waals surface area contributed by atoms with Gasteiger partial charge in [0.15, 0.2) is 0 Å². The van der Waals surface area contributed by atoms with Crippen LogP contribution in [0.25, 0.3) is 0 Å². The van der Waals surface area contributed by atoms with Crippen molar-refractivity contribution in [3.8, 4) is 0 Å². The molecule has 0 radical (unpaired) electrons. The van der Waals surface area contributed by atoms with E-state index in [0.717, 1.165) is 6.54 Å². The van der Waals surface area contributed by atoms with Crippen LogP contribution in [0.15, 0.2) is 0 Å². The molecule has 84 valence electrons. The molecule has 0 spiro atoms. The molecule has 0 amide bonds. The maximum atomic E-state index is 9.08. The van der Waals surface area contributed by atoms with Crippen LogP contribution in [-0.2, 0) is 0 Å². The largest absolute Gasteiger partial charge is 0.392 e. The number of aliphatic hydroxyl groups is 1. The van der Waals surface area contributed by atoms with Gasteiger partial charge in [0.1, 0.15) is 0 Å². The molecule has 1 saturated heterocycles. The highest BCUT2D eigenvalue weighted by atomic mass is 16.3. The lowest BCUT2D eigenvalue weighted by atomic mass is 10.1. The van der Waals surface area contributed by atoms with Crippen molar-refractivity contribution in [3.05, 3.63) is 0 Å². The smallest absolute Gasteiger partial charge is 0.0636 e. The van der Waals surface area contributed by atoms with Crippen LogP contribution in [0, 0.1) is 5.92 Å². The van der Waals surface area contributed by atoms with E-state index >= 15 is 0 Å². The van der Waals surface area contributed by atoms with Gasteiger partial charge >= 0.3 is 0 Å². The van der Waals surface area contributed by atoms with Crippen molar-refractivity contribution < 1.29 is 5.11 Å². The molecule has 3 nitrogen and oxygen atoms in total. The predicted octanol–water partition coefficient (Wildman–Crippen LogP) is 0.689. The third-order valence-corrected chi connectivity index (χ3v) is 2.70. The second-order valence-electron chi connectivity index (χ2n) is 4.62. The third kappa shape index (κ3) is 4.94. The molecule has 1 aliphatic rings. The van der Waals surface area contributed by atoms with Crippen LogP contribution in [0.3, 0.4) is 0 Å². The number of aliphatic hydroxyl groups excluding tert-OH is 1. The molecule has 1 aliphatic heterocycles. The molecule has 3 heteroatoms. The maximum Gasteiger partial charge on any atom is 0.0636 e. The summed E-state index contributed by atoms with van der Waals surface area (Å²) in [5.74, 6) is 0.687. The molecule has 1 unspecified atom stereocenters. The summed E-state index contributed by atoms with van der Waals surface area (Å²) in [5, 5.41) is 12.4. The van der Waals surface area contributed by atoms with Gasteiger partial charge in [0.25, 0.3) is 0 Å². The van der Waals surface area contributed by atoms with Gasteiger partial charge in [0.2, 0.25) is 0 Å². The first-order valence-electron chi connectivity index (χ1n) is 5.79. The highest BCUT2D eigenvalue weighted by molar-refractivity contribution is 4.70. The van der Waals surface area contributed by atoms with Crippen LogP contribution < -0.4 is 5.32 Å². The fourth-order valence-electron chi connectivity index (χ4n) is 2.01. The molecule has 1 fully saturated rings. The number of nitrogens with zero attached hydrogens (tertiary/aromatic N) is 1. The topological polar surface area (TPSA) is 35.5 Å². The first-order valence-corrected chi connectivity index (χ1v) is 5.79. The number of hydrogen-bond donors (Lipinski definition) is 2. The van der Waals surface area contributed by atoms with Gasteiger partial charge in [-0.3, -0.25) is 0 Å². The Labute approximate surface area is 87.5 Å². The zero-order valence-corrected chi connectivity index (χ0v) is 9.50. The molecule has 0 aromatic carbocycles. The van der Waals surface area contributed by atoms with E-state index in [1.165, 1.54) is 32.5 Å². The van der Waals surface area contributed by atoms with Crippen LogP contribution in [-0.4, -0.2) is 48.8 Å². The van der Waals surface area contributed by atoms with E-state index < -0.39 is 0 Å². The van der Waals surface area contributed by atoms with Crippen LogP contribution in [0.1, 0.15) is 26.7 Å². The van der Waals surface area contributed by atoms with Crippen molar-refractivity contribution in [1.29, 1.82) is 0 Å². The lowest BCUT2D eigenvalue weighted by Crippen LogP contribution is -2.34. The van der Waals surface area contributed by atoms with Gasteiger partial charge in [-0.15, -0.1) is 0 Å². The summed E-state index contributed by atoms with van der Waals surface area (Å²) in [6.07, 6.45) is 2.51. The fraction of sp³-hybridized carbons (Fsp3) is 1.00. The highest BCUT2D eigenvalue weighted by Gasteiger charge is 2.14. The summed E-state index contributed by atoms with van der Waals surface area (Å²) in [6, 6.07) is 0. The Morgan fingerprint density at radius 3 is 2.43 bits per heavy atom. The SMILES string of the molecule is CC(CNC[C@H](C)O)CN1CCCC1. The molecular formula is C11H24N2O. The fourth-order valence-corrected chi connectivity index (χ4v) is 2.01. The first-order chi connectivity index (χ1) is 6.68. The van der Waals surface area contributed by atoms with E-state index in [4.69, 9.17) is 5.11 Å². The number of rotatable bonds is 6. The maximum absolute atomic E-state index is 9.08. The Morgan fingerprint density at radius 1 is 1.21 bits per heavy atom. The minimum absolute atomic E-state index is 0.228. The Hall–Kier alpha value is -0.120. The van der Waals surface area contributed by atoms with Gasteiger partial charge in [-0.05, 0) is 45.3 Å². The first kappa shape index (κ1) is 12.0. The zero-order valence-electron chi connectivity index (χ0n) is 9.50. The molecule has 2 N–H and O–H groups in total. The summed E-state index contributed by atoms with van der Waals surface area (Å²) >= 11 is 0. The lowest BCUT2D eigenvalue weighted by molar-refractivity contribution is 0.187. The highest BCUT2D eigenvalue weighted by Crippen LogP contribution is 2.09. The monoisotopic (exact) mass is 200 g/mol. The van der Waals surface area contributed by atoms with E-state index in [2.05, 4.69) is 17.1 Å². The van der Waals surface area contributed by atoms with Crippen molar-refractivity contribution in [1.82, 2.24) is 10.2 Å². The normalized spacial score (nSPS) is 22.5. The van der Waals surface area contributed by atoms with Gasteiger partial charge in [0, 0.05) is 13.1 Å². The van der Waals surface area contributed by atoms with Crippen LogP contribution in [0.2, 0.25) is 0 Å². The lowest BCUT2D eigenvalue weighted by Gasteiger charge is -2.20. The van der Waals surface area contributed by atoms with Crippen molar-refractivity contribution in [2.24, 2.45) is 5.92 Å². The van der Waals surface area contributed by atoms with Gasteiger partial charge in [-0.1, -0.05) is 6.92 Å². The van der Waals surface area contributed by atoms with Gasteiger partial charge in [-0.2, -0.15) is 0 Å². The number of hydrogen-bond acceptors (Lipinski definition) is 3. The van der Waals surface area contributed by atoms with Crippen molar-refractivity contribution in [2.75, 3.05) is 32.7 Å². The minimum atomic E-state index is -0.228. The summed E-state index contributed by atoms with van der Waals surface area (Å²) in [6.45, 7) is 9.57. The van der Waals surface area contributed by atoms with E-state index in [1.54, 1.807) is 0 Å². The molecule has 14 heavy (non-hydrogen) atoms. The van der Waals surface area contributed by atoms with Gasteiger partial charge in [-0.25, -0.2) is 0 Å². The van der Waals surface area contributed by atoms with Gasteiger partial charge < -0.3 is 15.3 Å². The van der Waals surface area contributed by atoms with E-state index in [9.17, 15) is 0 Å². The molecular weight excluding hydrogens is 176 g/mol. The van der Waals surface area contributed by atoms with Crippen LogP contribution in [0.5, 0.6) is 0 Å². The molecule has 0 bridgehead atoms. The van der Waals surface area contributed by atoms with E-state index in [0.29, 0.717) is 12.5 Å². The van der Waals surface area contributed by atoms with E-state index in [-0.39, 0.29) is 6.10 Å². The second kappa shape index (κ2) is 6.38. The van der Waals surface area contributed by atoms with Crippen molar-refractivity contribution in [2.45, 2.75) is 32.8 Å². The minimum Gasteiger partial charge on any atom is -0.392 e. The number of nitrogens with one attached hydrogen (secondary N) is 1.